The molecular weight excluding hydrogens is 406 g/mol. The Morgan fingerprint density at radius 3 is 2.50 bits per heavy atom. The summed E-state index contributed by atoms with van der Waals surface area (Å²) < 4.78 is 9.92. The number of para-hydroxylation sites is 1. The van der Waals surface area contributed by atoms with E-state index in [4.69, 9.17) is 4.74 Å². The van der Waals surface area contributed by atoms with E-state index in [1.165, 1.54) is 25.3 Å². The second-order valence-electron chi connectivity index (χ2n) is 5.30. The van der Waals surface area contributed by atoms with Crippen LogP contribution < -0.4 is 5.32 Å². The van der Waals surface area contributed by atoms with E-state index in [0.29, 0.717) is 4.47 Å². The highest BCUT2D eigenvalue weighted by Gasteiger charge is 2.18. The summed E-state index contributed by atoms with van der Waals surface area (Å²) in [5.74, 6) is -2.35. The number of nitrogens with one attached hydrogen (secondary N) is 1. The lowest BCUT2D eigenvalue weighted by Crippen LogP contribution is -2.22. The Morgan fingerprint density at radius 1 is 1.12 bits per heavy atom. The molecule has 0 unspecified atom stereocenters. The van der Waals surface area contributed by atoms with Crippen LogP contribution in [0.1, 0.15) is 26.3 Å². The molecule has 136 valence electrons. The van der Waals surface area contributed by atoms with Crippen molar-refractivity contribution in [3.8, 4) is 5.75 Å². The minimum absolute atomic E-state index is 0.0559. The van der Waals surface area contributed by atoms with Crippen molar-refractivity contribution in [1.82, 2.24) is 0 Å². The molecule has 26 heavy (non-hydrogen) atoms. The monoisotopic (exact) mass is 421 g/mol. The van der Waals surface area contributed by atoms with Gasteiger partial charge in [-0.1, -0.05) is 12.1 Å². The molecule has 0 aliphatic carbocycles. The number of aromatic hydroxyl groups is 1. The van der Waals surface area contributed by atoms with Gasteiger partial charge in [0.2, 0.25) is 0 Å². The van der Waals surface area contributed by atoms with E-state index < -0.39 is 24.5 Å². The molecule has 0 aliphatic rings. The number of halogens is 1. The molecule has 0 fully saturated rings. The van der Waals surface area contributed by atoms with E-state index in [9.17, 15) is 19.5 Å². The van der Waals surface area contributed by atoms with Crippen LogP contribution in [-0.4, -0.2) is 36.7 Å². The number of phenols is 1. The number of hydrogen-bond donors (Lipinski definition) is 2. The van der Waals surface area contributed by atoms with Crippen molar-refractivity contribution in [1.29, 1.82) is 0 Å². The average molecular weight is 422 g/mol. The van der Waals surface area contributed by atoms with Crippen LogP contribution in [0.5, 0.6) is 5.75 Å². The van der Waals surface area contributed by atoms with Gasteiger partial charge in [0.1, 0.15) is 11.3 Å². The summed E-state index contributed by atoms with van der Waals surface area (Å²) in [5.41, 5.74) is 1.09. The average Bonchev–Trinajstić information content (AvgIpc) is 2.62. The zero-order valence-electron chi connectivity index (χ0n) is 14.0. The number of methoxy groups -OCH3 is 1. The highest BCUT2D eigenvalue weighted by molar-refractivity contribution is 9.10. The largest absolute Gasteiger partial charge is 0.506 e. The van der Waals surface area contributed by atoms with Crippen LogP contribution in [0, 0.1) is 6.92 Å². The van der Waals surface area contributed by atoms with Crippen molar-refractivity contribution in [2.45, 2.75) is 6.92 Å². The standard InChI is InChI=1S/C18H16BrNO6/c1-10-7-12(16(22)13(19)8-10)18(24)26-9-15(21)20-14-6-4-3-5-11(14)17(23)25-2/h3-8,22H,9H2,1-2H3,(H,20,21). The summed E-state index contributed by atoms with van der Waals surface area (Å²) in [6.07, 6.45) is 0. The third kappa shape index (κ3) is 4.60. The van der Waals surface area contributed by atoms with Crippen LogP contribution in [0.4, 0.5) is 5.69 Å². The maximum absolute atomic E-state index is 12.1. The highest BCUT2D eigenvalue weighted by atomic mass is 79.9. The van der Waals surface area contributed by atoms with Gasteiger partial charge in [-0.2, -0.15) is 0 Å². The number of hydrogen-bond acceptors (Lipinski definition) is 6. The lowest BCUT2D eigenvalue weighted by Gasteiger charge is -2.11. The van der Waals surface area contributed by atoms with Crippen molar-refractivity contribution in [2.24, 2.45) is 0 Å². The first-order chi connectivity index (χ1) is 12.3. The molecule has 0 heterocycles. The Hall–Kier alpha value is -2.87. The van der Waals surface area contributed by atoms with Gasteiger partial charge in [0.05, 0.1) is 22.8 Å². The van der Waals surface area contributed by atoms with Crippen LogP contribution in [0.15, 0.2) is 40.9 Å². The smallest absolute Gasteiger partial charge is 0.342 e. The number of amides is 1. The summed E-state index contributed by atoms with van der Waals surface area (Å²) in [5, 5.41) is 12.4. The molecule has 0 aliphatic heterocycles. The SMILES string of the molecule is COC(=O)c1ccccc1NC(=O)COC(=O)c1cc(C)cc(Br)c1O. The fourth-order valence-electron chi connectivity index (χ4n) is 2.17. The Labute approximate surface area is 158 Å². The second-order valence-corrected chi connectivity index (χ2v) is 6.16. The van der Waals surface area contributed by atoms with Crippen molar-refractivity contribution in [3.63, 3.8) is 0 Å². The summed E-state index contributed by atoms with van der Waals surface area (Å²) >= 11 is 3.14. The number of carbonyl (C=O) groups is 3. The van der Waals surface area contributed by atoms with Crippen LogP contribution >= 0.6 is 15.9 Å². The van der Waals surface area contributed by atoms with E-state index in [-0.39, 0.29) is 22.6 Å². The van der Waals surface area contributed by atoms with Crippen molar-refractivity contribution in [3.05, 3.63) is 57.6 Å². The van der Waals surface area contributed by atoms with Gasteiger partial charge in [-0.25, -0.2) is 9.59 Å². The zero-order valence-corrected chi connectivity index (χ0v) is 15.6. The molecule has 8 heteroatoms. The lowest BCUT2D eigenvalue weighted by atomic mass is 10.1. The molecule has 2 aromatic rings. The maximum atomic E-state index is 12.1. The fourth-order valence-corrected chi connectivity index (χ4v) is 2.74. The molecule has 0 spiro atoms. The Bertz CT molecular complexity index is 865. The van der Waals surface area contributed by atoms with Gasteiger partial charge in [-0.15, -0.1) is 0 Å². The molecule has 2 aromatic carbocycles. The van der Waals surface area contributed by atoms with E-state index in [0.717, 1.165) is 5.56 Å². The molecule has 0 atom stereocenters. The predicted molar refractivity (Wildman–Crippen MR) is 97.2 cm³/mol. The third-order valence-electron chi connectivity index (χ3n) is 3.37. The third-order valence-corrected chi connectivity index (χ3v) is 3.97. The molecule has 1 amide bonds. The van der Waals surface area contributed by atoms with Crippen molar-refractivity contribution in [2.75, 3.05) is 19.0 Å². The maximum Gasteiger partial charge on any atom is 0.342 e. The number of carbonyl (C=O) groups excluding carboxylic acids is 3. The minimum Gasteiger partial charge on any atom is -0.506 e. The van der Waals surface area contributed by atoms with Gasteiger partial charge >= 0.3 is 11.9 Å². The molecule has 0 radical (unpaired) electrons. The molecular formula is C18H16BrNO6. The Morgan fingerprint density at radius 2 is 1.81 bits per heavy atom. The van der Waals surface area contributed by atoms with Gasteiger partial charge in [-0.05, 0) is 52.7 Å². The first kappa shape index (κ1) is 19.5. The van der Waals surface area contributed by atoms with Gasteiger partial charge in [0, 0.05) is 0 Å². The summed E-state index contributed by atoms with van der Waals surface area (Å²) in [7, 11) is 1.23. The molecule has 2 rings (SSSR count). The van der Waals surface area contributed by atoms with E-state index in [2.05, 4.69) is 26.0 Å². The number of benzene rings is 2. The zero-order chi connectivity index (χ0) is 19.3. The molecule has 0 saturated heterocycles. The number of aryl methyl sites for hydroxylation is 1. The molecule has 0 bridgehead atoms. The van der Waals surface area contributed by atoms with Gasteiger partial charge in [0.15, 0.2) is 6.61 Å². The van der Waals surface area contributed by atoms with Crippen LogP contribution in [0.2, 0.25) is 0 Å². The number of anilines is 1. The first-order valence-electron chi connectivity index (χ1n) is 7.47. The first-order valence-corrected chi connectivity index (χ1v) is 8.26. The van der Waals surface area contributed by atoms with Crippen LogP contribution in [0.3, 0.4) is 0 Å². The molecule has 0 aromatic heterocycles. The molecule has 0 saturated carbocycles. The van der Waals surface area contributed by atoms with E-state index >= 15 is 0 Å². The fraction of sp³-hybridized carbons (Fsp3) is 0.167. The second kappa shape index (κ2) is 8.48. The van der Waals surface area contributed by atoms with E-state index in [1.807, 2.05) is 0 Å². The summed E-state index contributed by atoms with van der Waals surface area (Å²) in [6, 6.07) is 9.37. The highest BCUT2D eigenvalue weighted by Crippen LogP contribution is 2.29. The van der Waals surface area contributed by atoms with Crippen LogP contribution in [-0.2, 0) is 14.3 Å². The van der Waals surface area contributed by atoms with Crippen molar-refractivity contribution >= 4 is 39.5 Å². The minimum atomic E-state index is -0.844. The van der Waals surface area contributed by atoms with Crippen molar-refractivity contribution < 1.29 is 29.0 Å². The summed E-state index contributed by atoms with van der Waals surface area (Å²) in [6.45, 7) is 1.16. The molecule has 2 N–H and O–H groups in total. The van der Waals surface area contributed by atoms with Gasteiger partial charge in [0.25, 0.3) is 5.91 Å². The number of rotatable bonds is 5. The normalized spacial score (nSPS) is 10.1. The Kier molecular flexibility index (Phi) is 6.35. The van der Waals surface area contributed by atoms with Gasteiger partial charge in [-0.3, -0.25) is 4.79 Å². The number of ether oxygens (including phenoxy) is 2. The number of esters is 2. The molecule has 7 nitrogen and oxygen atoms in total. The number of phenolic OH excluding ortho intramolecular Hbond substituents is 1. The lowest BCUT2D eigenvalue weighted by molar-refractivity contribution is -0.119. The summed E-state index contributed by atoms with van der Waals surface area (Å²) in [4.78, 5) is 35.8. The van der Waals surface area contributed by atoms with E-state index in [1.54, 1.807) is 25.1 Å². The van der Waals surface area contributed by atoms with Gasteiger partial charge < -0.3 is 19.9 Å². The topological polar surface area (TPSA) is 102 Å². The Balaban J connectivity index is 2.04. The van der Waals surface area contributed by atoms with Crippen LogP contribution in [0.25, 0.3) is 0 Å². The predicted octanol–water partition coefficient (Wildman–Crippen LogP) is 3.05. The quantitative estimate of drug-likeness (QED) is 0.719.